The predicted molar refractivity (Wildman–Crippen MR) is 49.2 cm³/mol. The number of nitrogens with zero attached hydrogens (tertiary/aromatic N) is 3. The highest BCUT2D eigenvalue weighted by molar-refractivity contribution is 5.98. The van der Waals surface area contributed by atoms with Gasteiger partial charge in [-0.1, -0.05) is 5.21 Å². The Morgan fingerprint density at radius 3 is 3.13 bits per heavy atom. The smallest absolute Gasteiger partial charge is 0.362 e. The van der Waals surface area contributed by atoms with Crippen molar-refractivity contribution < 1.29 is 14.3 Å². The lowest BCUT2D eigenvalue weighted by atomic mass is 10.3. The van der Waals surface area contributed by atoms with Crippen molar-refractivity contribution in [1.82, 2.24) is 15.0 Å². The molecule has 0 spiro atoms. The molecule has 0 saturated heterocycles. The van der Waals surface area contributed by atoms with Crippen LogP contribution >= 0.6 is 0 Å². The number of fused-ring (bicyclic) bond motifs is 1. The molecule has 7 heteroatoms. The number of carbonyl (C=O) groups is 2. The SMILES string of the molecule is COC(=O)c1nnn2c1NC(=O)CCC2. The Morgan fingerprint density at radius 1 is 1.60 bits per heavy atom. The third-order valence-corrected chi connectivity index (χ3v) is 2.15. The first-order valence-corrected chi connectivity index (χ1v) is 4.54. The fourth-order valence-corrected chi connectivity index (χ4v) is 1.41. The molecule has 0 unspecified atom stereocenters. The van der Waals surface area contributed by atoms with Crippen LogP contribution in [0.4, 0.5) is 5.82 Å². The maximum Gasteiger partial charge on any atom is 0.362 e. The minimum Gasteiger partial charge on any atom is -0.464 e. The topological polar surface area (TPSA) is 86.1 Å². The number of aromatic nitrogens is 3. The van der Waals surface area contributed by atoms with E-state index in [1.54, 1.807) is 0 Å². The lowest BCUT2D eigenvalue weighted by molar-refractivity contribution is -0.116. The molecule has 0 bridgehead atoms. The van der Waals surface area contributed by atoms with E-state index < -0.39 is 5.97 Å². The Morgan fingerprint density at radius 2 is 2.40 bits per heavy atom. The molecule has 0 atom stereocenters. The second kappa shape index (κ2) is 3.68. The number of anilines is 1. The predicted octanol–water partition coefficient (Wildman–Crippen LogP) is -0.203. The van der Waals surface area contributed by atoms with Gasteiger partial charge in [0.1, 0.15) is 0 Å². The molecule has 1 aliphatic rings. The van der Waals surface area contributed by atoms with Gasteiger partial charge in [0.25, 0.3) is 0 Å². The number of rotatable bonds is 1. The molecular weight excluding hydrogens is 200 g/mol. The summed E-state index contributed by atoms with van der Waals surface area (Å²) in [4.78, 5) is 22.6. The van der Waals surface area contributed by atoms with Crippen LogP contribution < -0.4 is 5.32 Å². The summed E-state index contributed by atoms with van der Waals surface area (Å²) in [6.07, 6.45) is 1.10. The summed E-state index contributed by atoms with van der Waals surface area (Å²) < 4.78 is 6.03. The summed E-state index contributed by atoms with van der Waals surface area (Å²) in [5.41, 5.74) is 0.0488. The fourth-order valence-electron chi connectivity index (χ4n) is 1.41. The van der Waals surface area contributed by atoms with Crippen LogP contribution in [-0.2, 0) is 16.1 Å². The summed E-state index contributed by atoms with van der Waals surface area (Å²) in [6.45, 7) is 0.568. The molecule has 2 heterocycles. The molecule has 80 valence electrons. The summed E-state index contributed by atoms with van der Waals surface area (Å²) in [5, 5.41) is 10.0. The van der Waals surface area contributed by atoms with Crippen LogP contribution in [0.25, 0.3) is 0 Å². The van der Waals surface area contributed by atoms with E-state index in [-0.39, 0.29) is 11.6 Å². The van der Waals surface area contributed by atoms with Crippen molar-refractivity contribution in [2.24, 2.45) is 0 Å². The molecule has 7 nitrogen and oxygen atoms in total. The largest absolute Gasteiger partial charge is 0.464 e. The third-order valence-electron chi connectivity index (χ3n) is 2.15. The van der Waals surface area contributed by atoms with Crippen molar-refractivity contribution in [1.29, 1.82) is 0 Å². The first kappa shape index (κ1) is 9.63. The molecule has 1 amide bonds. The molecule has 0 saturated carbocycles. The van der Waals surface area contributed by atoms with Gasteiger partial charge in [0.2, 0.25) is 11.6 Å². The second-order valence-electron chi connectivity index (χ2n) is 3.15. The molecule has 1 aliphatic heterocycles. The van der Waals surface area contributed by atoms with E-state index in [4.69, 9.17) is 0 Å². The molecule has 0 aromatic carbocycles. The molecule has 15 heavy (non-hydrogen) atoms. The number of carbonyl (C=O) groups excluding carboxylic acids is 2. The average molecular weight is 210 g/mol. The minimum atomic E-state index is -0.599. The van der Waals surface area contributed by atoms with Crippen LogP contribution in [-0.4, -0.2) is 34.0 Å². The quantitative estimate of drug-likeness (QED) is 0.648. The van der Waals surface area contributed by atoms with Gasteiger partial charge in [-0.2, -0.15) is 0 Å². The van der Waals surface area contributed by atoms with E-state index in [2.05, 4.69) is 20.4 Å². The Hall–Kier alpha value is -1.92. The highest BCUT2D eigenvalue weighted by atomic mass is 16.5. The van der Waals surface area contributed by atoms with Crippen LogP contribution in [0.3, 0.4) is 0 Å². The third kappa shape index (κ3) is 1.67. The van der Waals surface area contributed by atoms with Gasteiger partial charge in [-0.25, -0.2) is 9.48 Å². The lowest BCUT2D eigenvalue weighted by Gasteiger charge is -2.02. The fraction of sp³-hybridized carbons (Fsp3) is 0.500. The number of nitrogens with one attached hydrogen (secondary N) is 1. The van der Waals surface area contributed by atoms with E-state index in [1.807, 2.05) is 0 Å². The van der Waals surface area contributed by atoms with Crippen LogP contribution in [0, 0.1) is 0 Å². The Balaban J connectivity index is 2.39. The van der Waals surface area contributed by atoms with E-state index in [0.29, 0.717) is 25.2 Å². The number of methoxy groups -OCH3 is 1. The van der Waals surface area contributed by atoms with Gasteiger partial charge in [0.15, 0.2) is 5.82 Å². The van der Waals surface area contributed by atoms with Crippen LogP contribution in [0.2, 0.25) is 0 Å². The summed E-state index contributed by atoms with van der Waals surface area (Å²) in [7, 11) is 1.26. The van der Waals surface area contributed by atoms with E-state index >= 15 is 0 Å². The summed E-state index contributed by atoms with van der Waals surface area (Å²) >= 11 is 0. The zero-order valence-electron chi connectivity index (χ0n) is 8.19. The first-order chi connectivity index (χ1) is 7.22. The van der Waals surface area contributed by atoms with Crippen molar-refractivity contribution in [2.45, 2.75) is 19.4 Å². The second-order valence-corrected chi connectivity index (χ2v) is 3.15. The average Bonchev–Trinajstić information content (AvgIpc) is 2.52. The van der Waals surface area contributed by atoms with Gasteiger partial charge >= 0.3 is 5.97 Å². The molecule has 0 radical (unpaired) electrons. The maximum atomic E-state index is 11.3. The monoisotopic (exact) mass is 210 g/mol. The molecule has 1 aromatic rings. The lowest BCUT2D eigenvalue weighted by Crippen LogP contribution is -2.14. The Kier molecular flexibility index (Phi) is 2.36. The normalized spacial score (nSPS) is 15.1. The summed E-state index contributed by atoms with van der Waals surface area (Å²) in [5.74, 6) is -0.413. The van der Waals surface area contributed by atoms with E-state index in [0.717, 1.165) is 0 Å². The van der Waals surface area contributed by atoms with Gasteiger partial charge in [-0.15, -0.1) is 5.10 Å². The number of ether oxygens (including phenoxy) is 1. The van der Waals surface area contributed by atoms with Crippen molar-refractivity contribution in [2.75, 3.05) is 12.4 Å². The van der Waals surface area contributed by atoms with Gasteiger partial charge in [-0.05, 0) is 6.42 Å². The van der Waals surface area contributed by atoms with Crippen LogP contribution in [0.15, 0.2) is 0 Å². The van der Waals surface area contributed by atoms with Crippen LogP contribution in [0.1, 0.15) is 23.3 Å². The van der Waals surface area contributed by atoms with Crippen molar-refractivity contribution in [3.8, 4) is 0 Å². The van der Waals surface area contributed by atoms with E-state index in [9.17, 15) is 9.59 Å². The molecule has 1 N–H and O–H groups in total. The highest BCUT2D eigenvalue weighted by Crippen LogP contribution is 2.17. The molecule has 2 rings (SSSR count). The van der Waals surface area contributed by atoms with Crippen LogP contribution in [0.5, 0.6) is 0 Å². The number of aryl methyl sites for hydroxylation is 1. The molecule has 0 aliphatic carbocycles. The Bertz CT molecular complexity index is 412. The minimum absolute atomic E-state index is 0.0488. The van der Waals surface area contributed by atoms with Crippen molar-refractivity contribution in [3.63, 3.8) is 0 Å². The van der Waals surface area contributed by atoms with E-state index in [1.165, 1.54) is 11.8 Å². The molecular formula is C8H10N4O3. The number of esters is 1. The van der Waals surface area contributed by atoms with Gasteiger partial charge in [0, 0.05) is 13.0 Å². The van der Waals surface area contributed by atoms with Crippen molar-refractivity contribution >= 4 is 17.7 Å². The Labute approximate surface area is 85.4 Å². The molecule has 0 fully saturated rings. The zero-order chi connectivity index (χ0) is 10.8. The summed E-state index contributed by atoms with van der Waals surface area (Å²) in [6, 6.07) is 0. The first-order valence-electron chi connectivity index (χ1n) is 4.54. The maximum absolute atomic E-state index is 11.3. The highest BCUT2D eigenvalue weighted by Gasteiger charge is 2.23. The van der Waals surface area contributed by atoms with Gasteiger partial charge in [0.05, 0.1) is 7.11 Å². The van der Waals surface area contributed by atoms with Gasteiger partial charge in [-0.3, -0.25) is 4.79 Å². The zero-order valence-corrected chi connectivity index (χ0v) is 8.19. The van der Waals surface area contributed by atoms with Crippen molar-refractivity contribution in [3.05, 3.63) is 5.69 Å². The standard InChI is InChI=1S/C8H10N4O3/c1-15-8(14)6-7-9-5(13)3-2-4-12(7)11-10-6/h2-4H2,1H3,(H,9,13). The number of hydrogen-bond donors (Lipinski definition) is 1. The number of amides is 1. The molecule has 1 aromatic heterocycles. The number of hydrogen-bond acceptors (Lipinski definition) is 5. The van der Waals surface area contributed by atoms with Gasteiger partial charge < -0.3 is 10.1 Å².